The average Bonchev–Trinajstić information content (AvgIpc) is 2.67. The monoisotopic (exact) mass is 224 g/mol. The topological polar surface area (TPSA) is 17.8 Å². The summed E-state index contributed by atoms with van der Waals surface area (Å²) in [6.45, 7) is 5.36. The third-order valence-electron chi connectivity index (χ3n) is 3.31. The van der Waals surface area contributed by atoms with Crippen LogP contribution in [0.5, 0.6) is 0 Å². The maximum atomic E-state index is 4.42. The first kappa shape index (κ1) is 10.3. The number of fused-ring (bicyclic) bond motifs is 3. The van der Waals surface area contributed by atoms with Crippen molar-refractivity contribution in [2.45, 2.75) is 26.8 Å². The Morgan fingerprint density at radius 1 is 1.12 bits per heavy atom. The van der Waals surface area contributed by atoms with Crippen LogP contribution >= 0.6 is 0 Å². The Kier molecular flexibility index (Phi) is 2.36. The van der Waals surface area contributed by atoms with Crippen molar-refractivity contribution in [3.05, 3.63) is 42.2 Å². The molecule has 17 heavy (non-hydrogen) atoms. The van der Waals surface area contributed by atoms with Gasteiger partial charge >= 0.3 is 0 Å². The molecule has 0 bridgehead atoms. The van der Waals surface area contributed by atoms with Gasteiger partial charge in [0.05, 0.1) is 11.2 Å². The summed E-state index contributed by atoms with van der Waals surface area (Å²) in [5.74, 6) is 0. The van der Waals surface area contributed by atoms with Crippen LogP contribution in [-0.4, -0.2) is 9.55 Å². The Balaban J connectivity index is 2.53. The largest absolute Gasteiger partial charge is 0.339 e. The number of rotatable bonds is 2. The van der Waals surface area contributed by atoms with Gasteiger partial charge in [0.1, 0.15) is 0 Å². The molecule has 2 aromatic heterocycles. The van der Waals surface area contributed by atoms with Gasteiger partial charge in [-0.2, -0.15) is 0 Å². The molecular weight excluding hydrogens is 208 g/mol. The van der Waals surface area contributed by atoms with E-state index in [1.165, 1.54) is 21.8 Å². The Morgan fingerprint density at radius 2 is 1.94 bits per heavy atom. The fourth-order valence-electron chi connectivity index (χ4n) is 2.63. The number of nitrogens with zero attached hydrogens (tertiary/aromatic N) is 2. The molecule has 0 aliphatic carbocycles. The standard InChI is InChI=1S/C15H16N2/c1-3-10-17-14-7-5-4-6-12(14)13-8-9-16-11(2)15(13)17/h4-9H,3,10H2,1-2H3. The minimum Gasteiger partial charge on any atom is -0.339 e. The Labute approximate surface area is 101 Å². The molecule has 2 nitrogen and oxygen atoms in total. The highest BCUT2D eigenvalue weighted by atomic mass is 15.0. The minimum absolute atomic E-state index is 1.05. The first-order chi connectivity index (χ1) is 8.33. The second-order valence-electron chi connectivity index (χ2n) is 4.46. The van der Waals surface area contributed by atoms with Crippen LogP contribution in [0.4, 0.5) is 0 Å². The Bertz CT molecular complexity index is 680. The van der Waals surface area contributed by atoms with E-state index >= 15 is 0 Å². The van der Waals surface area contributed by atoms with Gasteiger partial charge in [0, 0.05) is 29.0 Å². The van der Waals surface area contributed by atoms with E-state index in [9.17, 15) is 0 Å². The summed E-state index contributed by atoms with van der Waals surface area (Å²) in [4.78, 5) is 4.42. The molecule has 3 aromatic rings. The van der Waals surface area contributed by atoms with Gasteiger partial charge in [-0.15, -0.1) is 0 Å². The summed E-state index contributed by atoms with van der Waals surface area (Å²) >= 11 is 0. The number of aromatic nitrogens is 2. The van der Waals surface area contributed by atoms with Gasteiger partial charge in [0.25, 0.3) is 0 Å². The molecule has 0 unspecified atom stereocenters. The number of benzene rings is 1. The molecule has 2 heteroatoms. The summed E-state index contributed by atoms with van der Waals surface area (Å²) in [6.07, 6.45) is 3.04. The average molecular weight is 224 g/mol. The Hall–Kier alpha value is -1.83. The maximum absolute atomic E-state index is 4.42. The van der Waals surface area contributed by atoms with Gasteiger partial charge in [-0.05, 0) is 25.5 Å². The number of hydrogen-bond donors (Lipinski definition) is 0. The molecule has 0 spiro atoms. The van der Waals surface area contributed by atoms with E-state index in [1.54, 1.807) is 0 Å². The molecule has 0 radical (unpaired) electrons. The van der Waals surface area contributed by atoms with Crippen molar-refractivity contribution in [3.63, 3.8) is 0 Å². The predicted molar refractivity (Wildman–Crippen MR) is 72.3 cm³/mol. The van der Waals surface area contributed by atoms with Crippen LogP contribution in [0.3, 0.4) is 0 Å². The summed E-state index contributed by atoms with van der Waals surface area (Å²) in [5.41, 5.74) is 3.73. The second-order valence-corrected chi connectivity index (χ2v) is 4.46. The number of pyridine rings is 1. The summed E-state index contributed by atoms with van der Waals surface area (Å²) in [5, 5.41) is 2.66. The third-order valence-corrected chi connectivity index (χ3v) is 3.31. The first-order valence-corrected chi connectivity index (χ1v) is 6.15. The minimum atomic E-state index is 1.05. The van der Waals surface area contributed by atoms with E-state index in [1.807, 2.05) is 6.20 Å². The van der Waals surface area contributed by atoms with Gasteiger partial charge in [0.15, 0.2) is 0 Å². The van der Waals surface area contributed by atoms with Crippen molar-refractivity contribution in [1.29, 1.82) is 0 Å². The summed E-state index contributed by atoms with van der Waals surface area (Å²) in [7, 11) is 0. The molecule has 3 rings (SSSR count). The lowest BCUT2D eigenvalue weighted by molar-refractivity contribution is 0.721. The zero-order chi connectivity index (χ0) is 11.8. The van der Waals surface area contributed by atoms with Crippen molar-refractivity contribution < 1.29 is 0 Å². The quantitative estimate of drug-likeness (QED) is 0.645. The van der Waals surface area contributed by atoms with E-state index in [0.717, 1.165) is 18.7 Å². The summed E-state index contributed by atoms with van der Waals surface area (Å²) in [6, 6.07) is 10.7. The molecular formula is C15H16N2. The van der Waals surface area contributed by atoms with Crippen molar-refractivity contribution in [2.75, 3.05) is 0 Å². The van der Waals surface area contributed by atoms with Crippen molar-refractivity contribution in [1.82, 2.24) is 9.55 Å². The van der Waals surface area contributed by atoms with E-state index in [2.05, 4.69) is 53.7 Å². The maximum Gasteiger partial charge on any atom is 0.0707 e. The third kappa shape index (κ3) is 1.44. The van der Waals surface area contributed by atoms with E-state index in [-0.39, 0.29) is 0 Å². The predicted octanol–water partition coefficient (Wildman–Crippen LogP) is 3.91. The van der Waals surface area contributed by atoms with Crippen molar-refractivity contribution >= 4 is 21.8 Å². The van der Waals surface area contributed by atoms with Gasteiger partial charge < -0.3 is 4.57 Å². The first-order valence-electron chi connectivity index (χ1n) is 6.15. The molecule has 0 fully saturated rings. The van der Waals surface area contributed by atoms with Crippen LogP contribution in [0.15, 0.2) is 36.5 Å². The zero-order valence-corrected chi connectivity index (χ0v) is 10.3. The van der Waals surface area contributed by atoms with E-state index in [0.29, 0.717) is 0 Å². The molecule has 86 valence electrons. The lowest BCUT2D eigenvalue weighted by Crippen LogP contribution is -1.98. The second kappa shape index (κ2) is 3.88. The van der Waals surface area contributed by atoms with E-state index < -0.39 is 0 Å². The molecule has 0 N–H and O–H groups in total. The number of aryl methyl sites for hydroxylation is 2. The molecule has 0 aliphatic heterocycles. The smallest absolute Gasteiger partial charge is 0.0707 e. The number of para-hydroxylation sites is 1. The van der Waals surface area contributed by atoms with Gasteiger partial charge in [-0.3, -0.25) is 4.98 Å². The zero-order valence-electron chi connectivity index (χ0n) is 10.3. The highest BCUT2D eigenvalue weighted by Gasteiger charge is 2.11. The molecule has 0 amide bonds. The van der Waals surface area contributed by atoms with Crippen molar-refractivity contribution in [2.24, 2.45) is 0 Å². The lowest BCUT2D eigenvalue weighted by Gasteiger charge is -2.06. The molecule has 0 saturated carbocycles. The van der Waals surface area contributed by atoms with Crippen LogP contribution in [0.1, 0.15) is 19.0 Å². The van der Waals surface area contributed by atoms with Crippen LogP contribution < -0.4 is 0 Å². The molecule has 0 saturated heterocycles. The molecule has 2 heterocycles. The van der Waals surface area contributed by atoms with Crippen molar-refractivity contribution in [3.8, 4) is 0 Å². The fourth-order valence-corrected chi connectivity index (χ4v) is 2.63. The van der Waals surface area contributed by atoms with Gasteiger partial charge in [-0.25, -0.2) is 0 Å². The molecule has 0 atom stereocenters. The highest BCUT2D eigenvalue weighted by Crippen LogP contribution is 2.30. The molecule has 1 aromatic carbocycles. The normalized spacial score (nSPS) is 11.4. The molecule has 0 aliphatic rings. The summed E-state index contributed by atoms with van der Waals surface area (Å²) < 4.78 is 2.40. The highest BCUT2D eigenvalue weighted by molar-refractivity contribution is 6.08. The number of hydrogen-bond acceptors (Lipinski definition) is 1. The SMILES string of the molecule is CCCn1c2ccccc2c2ccnc(C)c21. The van der Waals surface area contributed by atoms with Crippen LogP contribution in [0.25, 0.3) is 21.8 Å². The van der Waals surface area contributed by atoms with Crippen LogP contribution in [-0.2, 0) is 6.54 Å². The Morgan fingerprint density at radius 3 is 2.76 bits per heavy atom. The fraction of sp³-hybridized carbons (Fsp3) is 0.267. The van der Waals surface area contributed by atoms with Gasteiger partial charge in [-0.1, -0.05) is 25.1 Å². The van der Waals surface area contributed by atoms with Gasteiger partial charge in [0.2, 0.25) is 0 Å². The van der Waals surface area contributed by atoms with Crippen LogP contribution in [0.2, 0.25) is 0 Å². The van der Waals surface area contributed by atoms with Crippen LogP contribution in [0, 0.1) is 6.92 Å². The lowest BCUT2D eigenvalue weighted by atomic mass is 10.2. The van der Waals surface area contributed by atoms with E-state index in [4.69, 9.17) is 0 Å².